The molecule has 1 heterocycles. The molecule has 1 aliphatic heterocycles. The standard InChI is InChI=1S/C24H36N2O4S/c1-17-13-26(18(2)16-27)31(28,29)24-11-10-21(20-6-4-5-7-20)12-22(24)30-23(17)15-25(3)14-19-8-9-19/h6,10-12,17-19,23,27H,4-5,7-9,13-16H2,1-3H3/t17-,18-,23-/m0/s1. The molecule has 0 saturated heterocycles. The van der Waals surface area contributed by atoms with Gasteiger partial charge in [0, 0.05) is 31.6 Å². The van der Waals surface area contributed by atoms with Crippen LogP contribution in [0.2, 0.25) is 0 Å². The number of fused-ring (bicyclic) bond motifs is 1. The Kier molecular flexibility index (Phi) is 6.77. The molecule has 6 nitrogen and oxygen atoms in total. The number of allylic oxidation sites excluding steroid dienone is 2. The van der Waals surface area contributed by atoms with Crippen LogP contribution in [0.3, 0.4) is 0 Å². The summed E-state index contributed by atoms with van der Waals surface area (Å²) >= 11 is 0. The van der Waals surface area contributed by atoms with Crippen molar-refractivity contribution in [2.24, 2.45) is 11.8 Å². The summed E-state index contributed by atoms with van der Waals surface area (Å²) in [5.41, 5.74) is 2.31. The number of sulfonamides is 1. The highest BCUT2D eigenvalue weighted by molar-refractivity contribution is 7.89. The van der Waals surface area contributed by atoms with Gasteiger partial charge in [-0.1, -0.05) is 19.1 Å². The maximum absolute atomic E-state index is 13.5. The molecule has 7 heteroatoms. The lowest BCUT2D eigenvalue weighted by Gasteiger charge is -2.37. The maximum Gasteiger partial charge on any atom is 0.247 e. The Bertz CT molecular complexity index is 926. The van der Waals surface area contributed by atoms with E-state index in [1.165, 1.54) is 22.7 Å². The van der Waals surface area contributed by atoms with Gasteiger partial charge < -0.3 is 14.7 Å². The number of hydrogen-bond donors (Lipinski definition) is 1. The average Bonchev–Trinajstić information content (AvgIpc) is 3.37. The van der Waals surface area contributed by atoms with Crippen molar-refractivity contribution in [3.8, 4) is 5.75 Å². The predicted molar refractivity (Wildman–Crippen MR) is 123 cm³/mol. The number of benzene rings is 1. The number of rotatable bonds is 7. The van der Waals surface area contributed by atoms with Crippen molar-refractivity contribution < 1.29 is 18.3 Å². The third-order valence-corrected chi connectivity index (χ3v) is 8.86. The number of ether oxygens (including phenoxy) is 1. The fourth-order valence-electron chi connectivity index (χ4n) is 4.70. The fraction of sp³-hybridized carbons (Fsp3) is 0.667. The zero-order valence-electron chi connectivity index (χ0n) is 19.0. The van der Waals surface area contributed by atoms with E-state index < -0.39 is 16.1 Å². The average molecular weight is 449 g/mol. The van der Waals surface area contributed by atoms with Crippen molar-refractivity contribution in [1.82, 2.24) is 9.21 Å². The van der Waals surface area contributed by atoms with Crippen LogP contribution < -0.4 is 4.74 Å². The second kappa shape index (κ2) is 9.22. The van der Waals surface area contributed by atoms with Gasteiger partial charge in [0.2, 0.25) is 10.0 Å². The van der Waals surface area contributed by atoms with Gasteiger partial charge >= 0.3 is 0 Å². The molecule has 0 aromatic heterocycles. The fourth-order valence-corrected chi connectivity index (χ4v) is 6.52. The molecular formula is C24H36N2O4S. The first-order valence-corrected chi connectivity index (χ1v) is 13.0. The predicted octanol–water partition coefficient (Wildman–Crippen LogP) is 3.36. The van der Waals surface area contributed by atoms with Crippen LogP contribution >= 0.6 is 0 Å². The van der Waals surface area contributed by atoms with Gasteiger partial charge in [-0.25, -0.2) is 8.42 Å². The molecule has 31 heavy (non-hydrogen) atoms. The first-order valence-electron chi connectivity index (χ1n) is 11.6. The van der Waals surface area contributed by atoms with Crippen molar-refractivity contribution in [3.05, 3.63) is 29.8 Å². The minimum Gasteiger partial charge on any atom is -0.487 e. The van der Waals surface area contributed by atoms with Gasteiger partial charge in [0.25, 0.3) is 0 Å². The van der Waals surface area contributed by atoms with Crippen LogP contribution in [0.4, 0.5) is 0 Å². The number of nitrogens with zero attached hydrogens (tertiary/aromatic N) is 2. The minimum absolute atomic E-state index is 0.00655. The van der Waals surface area contributed by atoms with E-state index in [1.807, 2.05) is 12.1 Å². The van der Waals surface area contributed by atoms with Gasteiger partial charge in [0.1, 0.15) is 16.7 Å². The smallest absolute Gasteiger partial charge is 0.247 e. The highest BCUT2D eigenvalue weighted by atomic mass is 32.2. The number of aliphatic hydroxyl groups is 1. The molecule has 4 rings (SSSR count). The first-order chi connectivity index (χ1) is 14.8. The molecule has 0 amide bonds. The summed E-state index contributed by atoms with van der Waals surface area (Å²) in [6, 6.07) is 5.02. The lowest BCUT2D eigenvalue weighted by molar-refractivity contribution is 0.0740. The minimum atomic E-state index is -3.77. The van der Waals surface area contributed by atoms with Gasteiger partial charge in [-0.05, 0) is 75.3 Å². The van der Waals surface area contributed by atoms with E-state index in [9.17, 15) is 13.5 Å². The summed E-state index contributed by atoms with van der Waals surface area (Å²) in [7, 11) is -1.65. The van der Waals surface area contributed by atoms with E-state index >= 15 is 0 Å². The van der Waals surface area contributed by atoms with Crippen LogP contribution in [0, 0.1) is 11.8 Å². The Labute approximate surface area is 186 Å². The second-order valence-corrected chi connectivity index (χ2v) is 11.5. The lowest BCUT2D eigenvalue weighted by Crippen LogP contribution is -2.49. The van der Waals surface area contributed by atoms with Crippen LogP contribution in [-0.4, -0.2) is 68.2 Å². The largest absolute Gasteiger partial charge is 0.487 e. The summed E-state index contributed by atoms with van der Waals surface area (Å²) in [6.45, 7) is 5.75. The van der Waals surface area contributed by atoms with E-state index in [0.717, 1.165) is 43.8 Å². The topological polar surface area (TPSA) is 70.1 Å². The van der Waals surface area contributed by atoms with Gasteiger partial charge in [-0.3, -0.25) is 0 Å². The molecule has 0 unspecified atom stereocenters. The molecule has 1 saturated carbocycles. The zero-order chi connectivity index (χ0) is 22.2. The van der Waals surface area contributed by atoms with E-state index in [1.54, 1.807) is 13.0 Å². The Hall–Kier alpha value is -1.41. The van der Waals surface area contributed by atoms with Gasteiger partial charge in [0.05, 0.1) is 6.61 Å². The Morgan fingerprint density at radius 2 is 2.06 bits per heavy atom. The van der Waals surface area contributed by atoms with Gasteiger partial charge in [-0.2, -0.15) is 4.31 Å². The van der Waals surface area contributed by atoms with Crippen molar-refractivity contribution >= 4 is 15.6 Å². The van der Waals surface area contributed by atoms with Crippen LogP contribution in [0.25, 0.3) is 5.57 Å². The summed E-state index contributed by atoms with van der Waals surface area (Å²) in [6.07, 6.45) is 7.93. The highest BCUT2D eigenvalue weighted by Gasteiger charge is 2.38. The Morgan fingerprint density at radius 1 is 1.29 bits per heavy atom. The third-order valence-electron chi connectivity index (χ3n) is 6.84. The Morgan fingerprint density at radius 3 is 2.71 bits per heavy atom. The van der Waals surface area contributed by atoms with Gasteiger partial charge in [0.15, 0.2) is 0 Å². The molecule has 0 radical (unpaired) electrons. The Balaban J connectivity index is 1.71. The molecule has 1 fully saturated rings. The molecule has 1 aromatic carbocycles. The normalized spacial score (nSPS) is 27.2. The summed E-state index contributed by atoms with van der Waals surface area (Å²) in [5, 5.41) is 9.77. The molecule has 0 spiro atoms. The van der Waals surface area contributed by atoms with E-state index in [2.05, 4.69) is 24.9 Å². The van der Waals surface area contributed by atoms with Crippen LogP contribution in [0.15, 0.2) is 29.2 Å². The van der Waals surface area contributed by atoms with Crippen molar-refractivity contribution in [3.63, 3.8) is 0 Å². The summed E-state index contributed by atoms with van der Waals surface area (Å²) in [5.74, 6) is 1.22. The summed E-state index contributed by atoms with van der Waals surface area (Å²) < 4.78 is 35.0. The van der Waals surface area contributed by atoms with Crippen LogP contribution in [-0.2, 0) is 10.0 Å². The first kappa shape index (κ1) is 22.8. The maximum atomic E-state index is 13.5. The molecule has 1 N–H and O–H groups in total. The third kappa shape index (κ3) is 5.00. The molecule has 2 aliphatic carbocycles. The molecule has 1 aromatic rings. The molecule has 172 valence electrons. The number of likely N-dealkylation sites (N-methyl/N-ethyl adjacent to an activating group) is 1. The highest BCUT2D eigenvalue weighted by Crippen LogP contribution is 2.37. The molecular weight excluding hydrogens is 412 g/mol. The number of hydrogen-bond acceptors (Lipinski definition) is 5. The zero-order valence-corrected chi connectivity index (χ0v) is 19.8. The SMILES string of the molecule is C[C@H]1CN([C@@H](C)CO)S(=O)(=O)c2ccc(C3=CCCC3)cc2O[C@H]1CN(C)CC1CC1. The van der Waals surface area contributed by atoms with Crippen LogP contribution in [0.1, 0.15) is 51.5 Å². The monoisotopic (exact) mass is 448 g/mol. The number of aliphatic hydroxyl groups excluding tert-OH is 1. The molecule has 3 aliphatic rings. The van der Waals surface area contributed by atoms with Crippen molar-refractivity contribution in [2.75, 3.05) is 33.3 Å². The second-order valence-electron chi connectivity index (χ2n) is 9.69. The quantitative estimate of drug-likeness (QED) is 0.693. The van der Waals surface area contributed by atoms with E-state index in [0.29, 0.717) is 12.3 Å². The van der Waals surface area contributed by atoms with Crippen molar-refractivity contribution in [1.29, 1.82) is 0 Å². The molecule has 0 bridgehead atoms. The summed E-state index contributed by atoms with van der Waals surface area (Å²) in [4.78, 5) is 2.52. The van der Waals surface area contributed by atoms with E-state index in [4.69, 9.17) is 4.74 Å². The van der Waals surface area contributed by atoms with Gasteiger partial charge in [-0.15, -0.1) is 0 Å². The van der Waals surface area contributed by atoms with Crippen LogP contribution in [0.5, 0.6) is 5.75 Å². The molecule has 3 atom stereocenters. The van der Waals surface area contributed by atoms with Crippen molar-refractivity contribution in [2.45, 2.75) is 63.0 Å². The lowest BCUT2D eigenvalue weighted by atomic mass is 10.0. The van der Waals surface area contributed by atoms with E-state index in [-0.39, 0.29) is 23.5 Å².